The van der Waals surface area contributed by atoms with Crippen molar-refractivity contribution >= 4 is 11.6 Å². The normalized spacial score (nSPS) is 9.62. The van der Waals surface area contributed by atoms with Crippen LogP contribution in [0.25, 0.3) is 0 Å². The van der Waals surface area contributed by atoms with Gasteiger partial charge < -0.3 is 10.4 Å². The first-order valence-corrected chi connectivity index (χ1v) is 6.49. The van der Waals surface area contributed by atoms with Crippen molar-refractivity contribution in [3.8, 4) is 11.8 Å². The Morgan fingerprint density at radius 2 is 2.10 bits per heavy atom. The van der Waals surface area contributed by atoms with E-state index < -0.39 is 0 Å². The number of carbonyl (C=O) groups is 1. The van der Waals surface area contributed by atoms with Crippen molar-refractivity contribution in [2.75, 3.05) is 11.9 Å². The summed E-state index contributed by atoms with van der Waals surface area (Å²) in [6.45, 7) is 1.91. The van der Waals surface area contributed by atoms with Crippen LogP contribution in [0, 0.1) is 18.8 Å². The van der Waals surface area contributed by atoms with Crippen LogP contribution in [-0.4, -0.2) is 27.6 Å². The highest BCUT2D eigenvalue weighted by molar-refractivity contribution is 6.02. The Morgan fingerprint density at radius 3 is 2.71 bits per heavy atom. The molecule has 0 bridgehead atoms. The summed E-state index contributed by atoms with van der Waals surface area (Å²) in [4.78, 5) is 20.2. The fourth-order valence-corrected chi connectivity index (χ4v) is 1.56. The number of nitrogens with zero attached hydrogens (tertiary/aromatic N) is 2. The van der Waals surface area contributed by atoms with Crippen molar-refractivity contribution in [2.24, 2.45) is 0 Å². The van der Waals surface area contributed by atoms with Gasteiger partial charge in [0.2, 0.25) is 0 Å². The molecule has 21 heavy (non-hydrogen) atoms. The highest BCUT2D eigenvalue weighted by Crippen LogP contribution is 2.08. The molecule has 0 aliphatic rings. The number of carbonyl (C=O) groups excluding carboxylic acids is 1. The molecule has 5 heteroatoms. The molecule has 0 fully saturated rings. The minimum Gasteiger partial charge on any atom is -0.395 e. The lowest BCUT2D eigenvalue weighted by Crippen LogP contribution is -2.13. The third-order valence-electron chi connectivity index (χ3n) is 2.63. The Morgan fingerprint density at radius 1 is 1.24 bits per heavy atom. The first-order valence-electron chi connectivity index (χ1n) is 6.49. The van der Waals surface area contributed by atoms with E-state index in [2.05, 4.69) is 27.1 Å². The van der Waals surface area contributed by atoms with Gasteiger partial charge in [-0.05, 0) is 31.2 Å². The standard InChI is InChI=1S/C16H15N3O2/c1-12-5-7-14(11-17-12)19-16(21)15-8-6-13(10-18-15)4-2-3-9-20/h5-8,10-11,20H,3,9H2,1H3,(H,19,21). The van der Waals surface area contributed by atoms with Crippen LogP contribution in [0.5, 0.6) is 0 Å². The number of aliphatic hydroxyl groups is 1. The van der Waals surface area contributed by atoms with Crippen LogP contribution < -0.4 is 5.32 Å². The van der Waals surface area contributed by atoms with Crippen LogP contribution >= 0.6 is 0 Å². The molecule has 0 unspecified atom stereocenters. The topological polar surface area (TPSA) is 75.1 Å². The van der Waals surface area contributed by atoms with Gasteiger partial charge >= 0.3 is 0 Å². The van der Waals surface area contributed by atoms with Crippen molar-refractivity contribution in [1.29, 1.82) is 0 Å². The zero-order valence-electron chi connectivity index (χ0n) is 11.6. The quantitative estimate of drug-likeness (QED) is 0.841. The Kier molecular flexibility index (Phi) is 5.02. The van der Waals surface area contributed by atoms with E-state index in [1.54, 1.807) is 24.4 Å². The van der Waals surface area contributed by atoms with E-state index in [-0.39, 0.29) is 12.5 Å². The molecule has 0 atom stereocenters. The smallest absolute Gasteiger partial charge is 0.274 e. The molecule has 2 heterocycles. The van der Waals surface area contributed by atoms with E-state index in [0.29, 0.717) is 23.4 Å². The first-order chi connectivity index (χ1) is 10.2. The molecule has 106 valence electrons. The monoisotopic (exact) mass is 281 g/mol. The van der Waals surface area contributed by atoms with Crippen LogP contribution in [0.1, 0.15) is 28.2 Å². The maximum Gasteiger partial charge on any atom is 0.274 e. The van der Waals surface area contributed by atoms with Crippen LogP contribution in [0.2, 0.25) is 0 Å². The molecule has 0 aliphatic heterocycles. The lowest BCUT2D eigenvalue weighted by Gasteiger charge is -2.04. The third kappa shape index (κ3) is 4.41. The van der Waals surface area contributed by atoms with Crippen molar-refractivity contribution in [2.45, 2.75) is 13.3 Å². The molecule has 2 aromatic rings. The van der Waals surface area contributed by atoms with E-state index in [1.165, 1.54) is 6.20 Å². The van der Waals surface area contributed by atoms with E-state index in [4.69, 9.17) is 5.11 Å². The molecule has 2 rings (SSSR count). The van der Waals surface area contributed by atoms with Gasteiger partial charge in [0.25, 0.3) is 5.91 Å². The van der Waals surface area contributed by atoms with Gasteiger partial charge in [0.1, 0.15) is 5.69 Å². The van der Waals surface area contributed by atoms with Crippen molar-refractivity contribution in [3.63, 3.8) is 0 Å². The molecule has 0 aliphatic carbocycles. The molecule has 0 saturated heterocycles. The van der Waals surface area contributed by atoms with Crippen molar-refractivity contribution < 1.29 is 9.90 Å². The summed E-state index contributed by atoms with van der Waals surface area (Å²) >= 11 is 0. The SMILES string of the molecule is Cc1ccc(NC(=O)c2ccc(C#CCCO)cn2)cn1. The summed E-state index contributed by atoms with van der Waals surface area (Å²) < 4.78 is 0. The van der Waals surface area contributed by atoms with Crippen molar-refractivity contribution in [3.05, 3.63) is 53.6 Å². The minimum atomic E-state index is -0.296. The Bertz CT molecular complexity index is 667. The summed E-state index contributed by atoms with van der Waals surface area (Å²) in [5, 5.41) is 11.4. The fraction of sp³-hybridized carbons (Fsp3) is 0.188. The molecule has 0 saturated carbocycles. The summed E-state index contributed by atoms with van der Waals surface area (Å²) in [5.41, 5.74) is 2.52. The van der Waals surface area contributed by atoms with Gasteiger partial charge in [-0.15, -0.1) is 0 Å². The van der Waals surface area contributed by atoms with Crippen molar-refractivity contribution in [1.82, 2.24) is 9.97 Å². The van der Waals surface area contributed by atoms with Gasteiger partial charge in [-0.2, -0.15) is 0 Å². The maximum atomic E-state index is 12.0. The lowest BCUT2D eigenvalue weighted by molar-refractivity contribution is 0.102. The summed E-state index contributed by atoms with van der Waals surface area (Å²) in [6.07, 6.45) is 3.55. The van der Waals surface area contributed by atoms with Gasteiger partial charge in [0, 0.05) is 23.9 Å². The zero-order valence-corrected chi connectivity index (χ0v) is 11.6. The predicted molar refractivity (Wildman–Crippen MR) is 79.7 cm³/mol. The van der Waals surface area contributed by atoms with Crippen LogP contribution in [0.15, 0.2) is 36.7 Å². The third-order valence-corrected chi connectivity index (χ3v) is 2.63. The largest absolute Gasteiger partial charge is 0.395 e. The lowest BCUT2D eigenvalue weighted by atomic mass is 10.2. The number of aromatic nitrogens is 2. The number of pyridine rings is 2. The highest BCUT2D eigenvalue weighted by atomic mass is 16.2. The molecule has 0 radical (unpaired) electrons. The molecule has 2 aromatic heterocycles. The van der Waals surface area contributed by atoms with E-state index in [1.807, 2.05) is 13.0 Å². The van der Waals surface area contributed by atoms with Gasteiger partial charge in [0.15, 0.2) is 0 Å². The molecule has 0 aromatic carbocycles. The number of aliphatic hydroxyl groups excluding tert-OH is 1. The number of amides is 1. The Balaban J connectivity index is 2.03. The number of aryl methyl sites for hydroxylation is 1. The van der Waals surface area contributed by atoms with Gasteiger partial charge in [-0.3, -0.25) is 9.78 Å². The summed E-state index contributed by atoms with van der Waals surface area (Å²) in [7, 11) is 0. The molecule has 2 N–H and O–H groups in total. The second kappa shape index (κ2) is 7.17. The molecule has 1 amide bonds. The number of rotatable bonds is 3. The van der Waals surface area contributed by atoms with Crippen LogP contribution in [-0.2, 0) is 0 Å². The average molecular weight is 281 g/mol. The Labute approximate surface area is 123 Å². The maximum absolute atomic E-state index is 12.0. The van der Waals surface area contributed by atoms with E-state index >= 15 is 0 Å². The number of hydrogen-bond acceptors (Lipinski definition) is 4. The number of nitrogens with one attached hydrogen (secondary N) is 1. The second-order valence-electron chi connectivity index (χ2n) is 4.35. The molecular formula is C16H15N3O2. The molecular weight excluding hydrogens is 266 g/mol. The first kappa shape index (κ1) is 14.7. The van der Waals surface area contributed by atoms with Crippen LogP contribution in [0.4, 0.5) is 5.69 Å². The number of anilines is 1. The summed E-state index contributed by atoms with van der Waals surface area (Å²) in [5.74, 6) is 5.35. The van der Waals surface area contributed by atoms with Gasteiger partial charge in [-0.25, -0.2) is 4.98 Å². The van der Waals surface area contributed by atoms with E-state index in [9.17, 15) is 4.79 Å². The van der Waals surface area contributed by atoms with Gasteiger partial charge in [-0.1, -0.05) is 11.8 Å². The molecule has 0 spiro atoms. The van der Waals surface area contributed by atoms with E-state index in [0.717, 1.165) is 5.69 Å². The minimum absolute atomic E-state index is 0.0332. The summed E-state index contributed by atoms with van der Waals surface area (Å²) in [6, 6.07) is 6.94. The fourth-order valence-electron chi connectivity index (χ4n) is 1.56. The van der Waals surface area contributed by atoms with Crippen LogP contribution in [0.3, 0.4) is 0 Å². The Hall–Kier alpha value is -2.71. The zero-order chi connectivity index (χ0) is 15.1. The highest BCUT2D eigenvalue weighted by Gasteiger charge is 2.07. The second-order valence-corrected chi connectivity index (χ2v) is 4.35. The average Bonchev–Trinajstić information content (AvgIpc) is 2.50. The predicted octanol–water partition coefficient (Wildman–Crippen LogP) is 1.77. The number of hydrogen-bond donors (Lipinski definition) is 2. The molecule has 5 nitrogen and oxygen atoms in total. The van der Waals surface area contributed by atoms with Gasteiger partial charge in [0.05, 0.1) is 18.5 Å².